The predicted octanol–water partition coefficient (Wildman–Crippen LogP) is 3.17. The van der Waals surface area contributed by atoms with Gasteiger partial charge in [-0.1, -0.05) is 23.7 Å². The number of nitrogens with zero attached hydrogens (tertiary/aromatic N) is 2. The van der Waals surface area contributed by atoms with Crippen LogP contribution in [0.2, 0.25) is 5.02 Å². The highest BCUT2D eigenvalue weighted by Crippen LogP contribution is 2.15. The van der Waals surface area contributed by atoms with Gasteiger partial charge in [-0.25, -0.2) is 5.43 Å². The van der Waals surface area contributed by atoms with Gasteiger partial charge in [-0.05, 0) is 31.2 Å². The molecule has 0 atom stereocenters. The second-order valence-electron chi connectivity index (χ2n) is 4.78. The third kappa shape index (κ3) is 5.06. The molecule has 0 aromatic heterocycles. The van der Waals surface area contributed by atoms with Crippen molar-refractivity contribution in [2.24, 2.45) is 5.10 Å². The fourth-order valence-electron chi connectivity index (χ4n) is 1.77. The summed E-state index contributed by atoms with van der Waals surface area (Å²) in [7, 11) is 0. The van der Waals surface area contributed by atoms with Crippen LogP contribution < -0.4 is 10.2 Å². The van der Waals surface area contributed by atoms with Crippen molar-refractivity contribution < 1.29 is 14.5 Å². The first-order valence-corrected chi connectivity index (χ1v) is 7.30. The number of amides is 1. The number of rotatable bonds is 6. The Kier molecular flexibility index (Phi) is 5.86. The van der Waals surface area contributed by atoms with E-state index in [1.165, 1.54) is 12.1 Å². The highest BCUT2D eigenvalue weighted by molar-refractivity contribution is 6.30. The highest BCUT2D eigenvalue weighted by atomic mass is 35.5. The zero-order chi connectivity index (χ0) is 17.5. The molecule has 1 N–H and O–H groups in total. The van der Waals surface area contributed by atoms with Gasteiger partial charge in [0, 0.05) is 22.7 Å². The van der Waals surface area contributed by atoms with Gasteiger partial charge >= 0.3 is 0 Å². The largest absolute Gasteiger partial charge is 0.484 e. The topological polar surface area (TPSA) is 93.8 Å². The van der Waals surface area contributed by atoms with Crippen molar-refractivity contribution >= 4 is 28.9 Å². The molecule has 0 fully saturated rings. The summed E-state index contributed by atoms with van der Waals surface area (Å²) in [5, 5.41) is 15.2. The van der Waals surface area contributed by atoms with Crippen LogP contribution >= 0.6 is 11.6 Å². The molecule has 8 heteroatoms. The van der Waals surface area contributed by atoms with Crippen molar-refractivity contribution in [2.75, 3.05) is 6.61 Å². The third-order valence-electron chi connectivity index (χ3n) is 3.01. The number of carbonyl (C=O) groups excluding carboxylic acids is 1. The maximum atomic E-state index is 11.7. The van der Waals surface area contributed by atoms with E-state index >= 15 is 0 Å². The number of ether oxygens (including phenoxy) is 1. The van der Waals surface area contributed by atoms with Crippen molar-refractivity contribution in [1.29, 1.82) is 0 Å². The molecule has 0 unspecified atom stereocenters. The summed E-state index contributed by atoms with van der Waals surface area (Å²) >= 11 is 5.75. The molecule has 0 bridgehead atoms. The van der Waals surface area contributed by atoms with Crippen LogP contribution in [0, 0.1) is 10.1 Å². The molecule has 0 aliphatic heterocycles. The SMILES string of the molecule is C/C(=N/NC(=O)COc1ccc(Cl)cc1)c1cccc([N+](=O)[O-])c1. The normalized spacial score (nSPS) is 11.0. The van der Waals surface area contributed by atoms with E-state index in [1.807, 2.05) is 0 Å². The zero-order valence-electron chi connectivity index (χ0n) is 12.7. The predicted molar refractivity (Wildman–Crippen MR) is 90.4 cm³/mol. The third-order valence-corrected chi connectivity index (χ3v) is 3.26. The molecule has 0 radical (unpaired) electrons. The molecule has 2 rings (SSSR count). The van der Waals surface area contributed by atoms with Gasteiger partial charge < -0.3 is 4.74 Å². The molecule has 0 heterocycles. The lowest BCUT2D eigenvalue weighted by atomic mass is 10.1. The van der Waals surface area contributed by atoms with Crippen molar-refractivity contribution in [2.45, 2.75) is 6.92 Å². The van der Waals surface area contributed by atoms with Crippen LogP contribution in [0.5, 0.6) is 5.75 Å². The minimum atomic E-state index is -0.491. The summed E-state index contributed by atoms with van der Waals surface area (Å²) in [6, 6.07) is 12.6. The number of non-ortho nitro benzene ring substituents is 1. The fraction of sp³-hybridized carbons (Fsp3) is 0.125. The van der Waals surface area contributed by atoms with Crippen molar-refractivity contribution in [3.8, 4) is 5.75 Å². The minimum Gasteiger partial charge on any atom is -0.484 e. The first-order chi connectivity index (χ1) is 11.5. The molecule has 24 heavy (non-hydrogen) atoms. The van der Waals surface area contributed by atoms with Crippen LogP contribution in [0.4, 0.5) is 5.69 Å². The van der Waals surface area contributed by atoms with E-state index < -0.39 is 10.8 Å². The number of hydrogen-bond donors (Lipinski definition) is 1. The second kappa shape index (κ2) is 8.07. The summed E-state index contributed by atoms with van der Waals surface area (Å²) in [5.74, 6) is 0.0590. The molecule has 7 nitrogen and oxygen atoms in total. The molecule has 0 aliphatic rings. The molecule has 0 aliphatic carbocycles. The average molecular weight is 348 g/mol. The quantitative estimate of drug-likeness (QED) is 0.493. The Labute approximate surface area is 143 Å². The Morgan fingerprint density at radius 1 is 1.29 bits per heavy atom. The Balaban J connectivity index is 1.91. The van der Waals surface area contributed by atoms with E-state index in [2.05, 4.69) is 10.5 Å². The van der Waals surface area contributed by atoms with E-state index in [0.29, 0.717) is 22.0 Å². The number of carbonyl (C=O) groups is 1. The van der Waals surface area contributed by atoms with Crippen LogP contribution in [0.15, 0.2) is 53.6 Å². The Bertz CT molecular complexity index is 775. The van der Waals surface area contributed by atoms with Crippen LogP contribution in [0.3, 0.4) is 0 Å². The number of halogens is 1. The van der Waals surface area contributed by atoms with Gasteiger partial charge in [-0.2, -0.15) is 5.10 Å². The highest BCUT2D eigenvalue weighted by Gasteiger charge is 2.08. The first kappa shape index (κ1) is 17.4. The molecule has 124 valence electrons. The molecule has 0 saturated carbocycles. The number of hydrogen-bond acceptors (Lipinski definition) is 5. The summed E-state index contributed by atoms with van der Waals surface area (Å²) in [4.78, 5) is 22.0. The standard InChI is InChI=1S/C16H14ClN3O4/c1-11(12-3-2-4-14(9-12)20(22)23)18-19-16(21)10-24-15-7-5-13(17)6-8-15/h2-9H,10H2,1H3,(H,19,21)/b18-11-. The molecular formula is C16H14ClN3O4. The van der Waals surface area contributed by atoms with E-state index in [4.69, 9.17) is 16.3 Å². The average Bonchev–Trinajstić information content (AvgIpc) is 2.59. The maximum absolute atomic E-state index is 11.7. The lowest BCUT2D eigenvalue weighted by Gasteiger charge is -2.06. The smallest absolute Gasteiger partial charge is 0.277 e. The zero-order valence-corrected chi connectivity index (χ0v) is 13.5. The van der Waals surface area contributed by atoms with Crippen LogP contribution in [0.25, 0.3) is 0 Å². The maximum Gasteiger partial charge on any atom is 0.277 e. The van der Waals surface area contributed by atoms with Crippen molar-refractivity contribution in [3.05, 3.63) is 69.2 Å². The Morgan fingerprint density at radius 2 is 2.00 bits per heavy atom. The number of nitro benzene ring substituents is 1. The fourth-order valence-corrected chi connectivity index (χ4v) is 1.89. The van der Waals surface area contributed by atoms with E-state index in [0.717, 1.165) is 0 Å². The van der Waals surface area contributed by atoms with Gasteiger partial charge in [0.05, 0.1) is 10.6 Å². The number of hydrazone groups is 1. The van der Waals surface area contributed by atoms with Gasteiger partial charge in [-0.3, -0.25) is 14.9 Å². The lowest BCUT2D eigenvalue weighted by molar-refractivity contribution is -0.384. The number of nitro groups is 1. The molecule has 1 amide bonds. The van der Waals surface area contributed by atoms with E-state index in [1.54, 1.807) is 43.3 Å². The molecule has 2 aromatic carbocycles. The Hall–Kier alpha value is -2.93. The molecule has 2 aromatic rings. The van der Waals surface area contributed by atoms with E-state index in [9.17, 15) is 14.9 Å². The van der Waals surface area contributed by atoms with Gasteiger partial charge in [0.2, 0.25) is 0 Å². The molecule has 0 spiro atoms. The number of benzene rings is 2. The number of nitrogens with one attached hydrogen (secondary N) is 1. The first-order valence-electron chi connectivity index (χ1n) is 6.92. The lowest BCUT2D eigenvalue weighted by Crippen LogP contribution is -2.25. The van der Waals surface area contributed by atoms with E-state index in [-0.39, 0.29) is 12.3 Å². The van der Waals surface area contributed by atoms with Crippen LogP contribution in [0.1, 0.15) is 12.5 Å². The summed E-state index contributed by atoms with van der Waals surface area (Å²) in [5.41, 5.74) is 3.28. The minimum absolute atomic E-state index is 0.0422. The summed E-state index contributed by atoms with van der Waals surface area (Å²) in [6.45, 7) is 1.42. The van der Waals surface area contributed by atoms with Gasteiger partial charge in [0.25, 0.3) is 11.6 Å². The van der Waals surface area contributed by atoms with Crippen LogP contribution in [-0.2, 0) is 4.79 Å². The monoisotopic (exact) mass is 347 g/mol. The van der Waals surface area contributed by atoms with Gasteiger partial charge in [0.1, 0.15) is 5.75 Å². The van der Waals surface area contributed by atoms with Crippen LogP contribution in [-0.4, -0.2) is 23.1 Å². The summed E-state index contributed by atoms with van der Waals surface area (Å²) < 4.78 is 5.28. The Morgan fingerprint density at radius 3 is 2.67 bits per heavy atom. The molecular weight excluding hydrogens is 334 g/mol. The van der Waals surface area contributed by atoms with Gasteiger partial charge in [-0.15, -0.1) is 0 Å². The second-order valence-corrected chi connectivity index (χ2v) is 5.22. The summed E-state index contributed by atoms with van der Waals surface area (Å²) in [6.07, 6.45) is 0. The molecule has 0 saturated heterocycles. The van der Waals surface area contributed by atoms with Gasteiger partial charge in [0.15, 0.2) is 6.61 Å². The van der Waals surface area contributed by atoms with Crippen molar-refractivity contribution in [1.82, 2.24) is 5.43 Å². The van der Waals surface area contributed by atoms with Crippen molar-refractivity contribution in [3.63, 3.8) is 0 Å².